The molecule has 0 bridgehead atoms. The molecule has 1 heterocycles. The first kappa shape index (κ1) is 14.8. The van der Waals surface area contributed by atoms with Gasteiger partial charge in [0.25, 0.3) is 5.91 Å². The molecule has 5 nitrogen and oxygen atoms in total. The van der Waals surface area contributed by atoms with Gasteiger partial charge in [-0.3, -0.25) is 9.59 Å². The highest BCUT2D eigenvalue weighted by Crippen LogP contribution is 2.19. The summed E-state index contributed by atoms with van der Waals surface area (Å²) in [6.07, 6.45) is 2.09. The molecule has 1 aromatic heterocycles. The largest absolute Gasteiger partial charge is 0.496 e. The summed E-state index contributed by atoms with van der Waals surface area (Å²) in [5.41, 5.74) is 2.42. The molecular weight excluding hydrogens is 268 g/mol. The third kappa shape index (κ3) is 3.95. The normalized spacial score (nSPS) is 10.2. The van der Waals surface area contributed by atoms with Crippen molar-refractivity contribution in [3.05, 3.63) is 63.6 Å². The third-order valence-corrected chi connectivity index (χ3v) is 3.16. The van der Waals surface area contributed by atoms with Crippen LogP contribution < -0.4 is 15.6 Å². The van der Waals surface area contributed by atoms with Gasteiger partial charge >= 0.3 is 0 Å². The fourth-order valence-corrected chi connectivity index (χ4v) is 2.07. The average Bonchev–Trinajstić information content (AvgIpc) is 2.48. The molecule has 2 aromatic rings. The number of H-pyrrole nitrogens is 1. The van der Waals surface area contributed by atoms with Crippen molar-refractivity contribution < 1.29 is 9.53 Å². The minimum absolute atomic E-state index is 0.210. The molecule has 5 heteroatoms. The van der Waals surface area contributed by atoms with Crippen LogP contribution in [-0.2, 0) is 6.42 Å². The monoisotopic (exact) mass is 286 g/mol. The number of carbonyl (C=O) groups excluding carboxylic acids is 1. The standard InChI is InChI=1S/C16H18N2O3/c1-11-3-5-14(21-2)12(9-11)7-8-17-16(20)13-4-6-15(19)18-10-13/h3-6,9-10H,7-8H2,1-2H3,(H,17,20)(H,18,19). The SMILES string of the molecule is COc1ccc(C)cc1CCNC(=O)c1ccc(=O)[nH]c1. The number of aromatic nitrogens is 1. The van der Waals surface area contributed by atoms with Crippen molar-refractivity contribution >= 4 is 5.91 Å². The van der Waals surface area contributed by atoms with E-state index in [-0.39, 0.29) is 11.5 Å². The molecule has 0 aliphatic heterocycles. The Bertz CT molecular complexity index is 672. The molecule has 0 unspecified atom stereocenters. The highest BCUT2D eigenvalue weighted by molar-refractivity contribution is 5.93. The van der Waals surface area contributed by atoms with Gasteiger partial charge in [0.1, 0.15) is 5.75 Å². The molecule has 0 atom stereocenters. The van der Waals surface area contributed by atoms with Crippen LogP contribution in [0.3, 0.4) is 0 Å². The Morgan fingerprint density at radius 1 is 1.29 bits per heavy atom. The number of hydrogen-bond donors (Lipinski definition) is 2. The zero-order chi connectivity index (χ0) is 15.2. The Balaban J connectivity index is 1.95. The first-order valence-corrected chi connectivity index (χ1v) is 6.70. The Hall–Kier alpha value is -2.56. The van der Waals surface area contributed by atoms with Gasteiger partial charge in [-0.2, -0.15) is 0 Å². The Morgan fingerprint density at radius 2 is 2.10 bits per heavy atom. The molecule has 0 spiro atoms. The Kier molecular flexibility index (Phi) is 4.77. The van der Waals surface area contributed by atoms with Gasteiger partial charge in [-0.05, 0) is 31.0 Å². The number of carbonyl (C=O) groups is 1. The van der Waals surface area contributed by atoms with E-state index in [2.05, 4.69) is 10.3 Å². The van der Waals surface area contributed by atoms with E-state index in [9.17, 15) is 9.59 Å². The molecule has 0 fully saturated rings. The average molecular weight is 286 g/mol. The highest BCUT2D eigenvalue weighted by atomic mass is 16.5. The van der Waals surface area contributed by atoms with Crippen LogP contribution in [0.4, 0.5) is 0 Å². The molecule has 2 N–H and O–H groups in total. The van der Waals surface area contributed by atoms with Crippen LogP contribution in [0.5, 0.6) is 5.75 Å². The summed E-state index contributed by atoms with van der Waals surface area (Å²) in [6.45, 7) is 2.51. The zero-order valence-electron chi connectivity index (χ0n) is 12.1. The number of methoxy groups -OCH3 is 1. The lowest BCUT2D eigenvalue weighted by Crippen LogP contribution is -2.26. The summed E-state index contributed by atoms with van der Waals surface area (Å²) >= 11 is 0. The molecule has 1 aromatic carbocycles. The maximum absolute atomic E-state index is 11.9. The second kappa shape index (κ2) is 6.74. The number of benzene rings is 1. The van der Waals surface area contributed by atoms with Crippen LogP contribution in [-0.4, -0.2) is 24.5 Å². The first-order valence-electron chi connectivity index (χ1n) is 6.70. The fourth-order valence-electron chi connectivity index (χ4n) is 2.07. The van der Waals surface area contributed by atoms with Crippen molar-refractivity contribution in [2.45, 2.75) is 13.3 Å². The topological polar surface area (TPSA) is 71.2 Å². The molecular formula is C16H18N2O3. The van der Waals surface area contributed by atoms with Crippen LogP contribution in [0.15, 0.2) is 41.3 Å². The molecule has 0 saturated heterocycles. The van der Waals surface area contributed by atoms with E-state index in [1.54, 1.807) is 7.11 Å². The molecule has 2 rings (SSSR count). The summed E-state index contributed by atoms with van der Waals surface area (Å²) in [4.78, 5) is 25.3. The van der Waals surface area contributed by atoms with Gasteiger partial charge in [-0.15, -0.1) is 0 Å². The van der Waals surface area contributed by atoms with Gasteiger partial charge < -0.3 is 15.0 Å². The number of ether oxygens (including phenoxy) is 1. The van der Waals surface area contributed by atoms with Crippen molar-refractivity contribution in [3.8, 4) is 5.75 Å². The lowest BCUT2D eigenvalue weighted by atomic mass is 10.1. The van der Waals surface area contributed by atoms with Gasteiger partial charge in [-0.1, -0.05) is 17.7 Å². The number of amides is 1. The van der Waals surface area contributed by atoms with E-state index in [4.69, 9.17) is 4.74 Å². The van der Waals surface area contributed by atoms with Gasteiger partial charge in [0.2, 0.25) is 5.56 Å². The second-order valence-electron chi connectivity index (χ2n) is 4.76. The maximum atomic E-state index is 11.9. The van der Waals surface area contributed by atoms with Crippen LogP contribution >= 0.6 is 0 Å². The highest BCUT2D eigenvalue weighted by Gasteiger charge is 2.07. The third-order valence-electron chi connectivity index (χ3n) is 3.16. The van der Waals surface area contributed by atoms with Gasteiger partial charge in [0.05, 0.1) is 12.7 Å². The predicted octanol–water partition coefficient (Wildman–Crippen LogP) is 1.66. The first-order chi connectivity index (χ1) is 10.1. The summed E-state index contributed by atoms with van der Waals surface area (Å²) in [5.74, 6) is 0.608. The number of hydrogen-bond acceptors (Lipinski definition) is 3. The number of nitrogens with one attached hydrogen (secondary N) is 2. The van der Waals surface area contributed by atoms with E-state index in [0.29, 0.717) is 18.5 Å². The molecule has 1 amide bonds. The molecule has 21 heavy (non-hydrogen) atoms. The molecule has 0 aliphatic rings. The smallest absolute Gasteiger partial charge is 0.252 e. The van der Waals surface area contributed by atoms with E-state index >= 15 is 0 Å². The van der Waals surface area contributed by atoms with Gasteiger partial charge in [0, 0.05) is 18.8 Å². The maximum Gasteiger partial charge on any atom is 0.252 e. The molecule has 0 radical (unpaired) electrons. The van der Waals surface area contributed by atoms with E-state index in [1.807, 2.05) is 25.1 Å². The zero-order valence-corrected chi connectivity index (χ0v) is 12.1. The van der Waals surface area contributed by atoms with Gasteiger partial charge in [-0.25, -0.2) is 0 Å². The van der Waals surface area contributed by atoms with Crippen LogP contribution in [0.2, 0.25) is 0 Å². The predicted molar refractivity (Wildman–Crippen MR) is 80.8 cm³/mol. The molecule has 110 valence electrons. The summed E-state index contributed by atoms with van der Waals surface area (Å²) < 4.78 is 5.30. The molecule has 0 saturated carbocycles. The quantitative estimate of drug-likeness (QED) is 0.878. The van der Waals surface area contributed by atoms with Crippen molar-refractivity contribution in [2.75, 3.05) is 13.7 Å². The van der Waals surface area contributed by atoms with Gasteiger partial charge in [0.15, 0.2) is 0 Å². The van der Waals surface area contributed by atoms with E-state index in [0.717, 1.165) is 16.9 Å². The van der Waals surface area contributed by atoms with E-state index < -0.39 is 0 Å². The van der Waals surface area contributed by atoms with Crippen LogP contribution in [0, 0.1) is 6.92 Å². The number of pyridine rings is 1. The molecule has 0 aliphatic carbocycles. The van der Waals surface area contributed by atoms with Crippen molar-refractivity contribution in [2.24, 2.45) is 0 Å². The van der Waals surface area contributed by atoms with Crippen LogP contribution in [0.1, 0.15) is 21.5 Å². The number of aryl methyl sites for hydroxylation is 1. The number of rotatable bonds is 5. The fraction of sp³-hybridized carbons (Fsp3) is 0.250. The lowest BCUT2D eigenvalue weighted by Gasteiger charge is -2.10. The van der Waals surface area contributed by atoms with Crippen molar-refractivity contribution in [1.82, 2.24) is 10.3 Å². The minimum Gasteiger partial charge on any atom is -0.496 e. The Labute approximate surface area is 123 Å². The Morgan fingerprint density at radius 3 is 2.76 bits per heavy atom. The van der Waals surface area contributed by atoms with Crippen molar-refractivity contribution in [3.63, 3.8) is 0 Å². The van der Waals surface area contributed by atoms with Crippen molar-refractivity contribution in [1.29, 1.82) is 0 Å². The number of aromatic amines is 1. The summed E-state index contributed by atoms with van der Waals surface area (Å²) in [6, 6.07) is 8.79. The van der Waals surface area contributed by atoms with E-state index in [1.165, 1.54) is 18.3 Å². The minimum atomic E-state index is -0.226. The lowest BCUT2D eigenvalue weighted by molar-refractivity contribution is 0.0953. The van der Waals surface area contributed by atoms with Crippen LogP contribution in [0.25, 0.3) is 0 Å². The summed E-state index contributed by atoms with van der Waals surface area (Å²) in [7, 11) is 1.63. The summed E-state index contributed by atoms with van der Waals surface area (Å²) in [5, 5.41) is 2.82. The second-order valence-corrected chi connectivity index (χ2v) is 4.76.